The van der Waals surface area contributed by atoms with Crippen LogP contribution in [0.4, 0.5) is 5.69 Å². The van der Waals surface area contributed by atoms with Crippen molar-refractivity contribution in [3.63, 3.8) is 0 Å². The number of anilines is 1. The summed E-state index contributed by atoms with van der Waals surface area (Å²) < 4.78 is 6.83. The Kier molecular flexibility index (Phi) is 7.31. The maximum atomic E-state index is 12.5. The van der Waals surface area contributed by atoms with Crippen LogP contribution in [0.2, 0.25) is 0 Å². The number of amides is 2. The minimum atomic E-state index is -0.232. The van der Waals surface area contributed by atoms with Crippen LogP contribution in [0.15, 0.2) is 49.3 Å². The number of methoxy groups -OCH3 is 1. The smallest absolute Gasteiger partial charge is 0.250 e. The lowest BCUT2D eigenvalue weighted by atomic mass is 10.1. The van der Waals surface area contributed by atoms with E-state index in [2.05, 4.69) is 11.7 Å². The zero-order chi connectivity index (χ0) is 19.8. The minimum absolute atomic E-state index is 0.0270. The number of rotatable bonds is 9. The highest BCUT2D eigenvalue weighted by Gasteiger charge is 2.19. The van der Waals surface area contributed by atoms with Crippen molar-refractivity contribution in [3.05, 3.63) is 60.4 Å². The van der Waals surface area contributed by atoms with E-state index >= 15 is 0 Å². The molecule has 0 spiro atoms. The first-order chi connectivity index (χ1) is 13.0. The zero-order valence-corrected chi connectivity index (χ0v) is 16.1. The normalized spacial score (nSPS) is 10.5. The van der Waals surface area contributed by atoms with Crippen molar-refractivity contribution in [2.45, 2.75) is 19.5 Å². The predicted octanol–water partition coefficient (Wildman–Crippen LogP) is 1.88. The summed E-state index contributed by atoms with van der Waals surface area (Å²) in [5.74, 6) is -0.259. The zero-order valence-electron chi connectivity index (χ0n) is 16.1. The van der Waals surface area contributed by atoms with Crippen molar-refractivity contribution in [2.24, 2.45) is 0 Å². The van der Waals surface area contributed by atoms with Gasteiger partial charge in [0.1, 0.15) is 0 Å². The molecule has 0 aliphatic rings. The number of para-hydroxylation sites is 1. The van der Waals surface area contributed by atoms with Gasteiger partial charge in [0.2, 0.25) is 5.91 Å². The third kappa shape index (κ3) is 5.52. The van der Waals surface area contributed by atoms with E-state index in [1.165, 1.54) is 11.0 Å². The van der Waals surface area contributed by atoms with Crippen molar-refractivity contribution in [3.8, 4) is 0 Å². The Bertz CT molecular complexity index is 798. The van der Waals surface area contributed by atoms with Crippen molar-refractivity contribution in [2.75, 3.05) is 32.7 Å². The summed E-state index contributed by atoms with van der Waals surface area (Å²) in [6.07, 6.45) is 5.11. The van der Waals surface area contributed by atoms with Crippen LogP contribution in [-0.2, 0) is 33.8 Å². The van der Waals surface area contributed by atoms with Gasteiger partial charge in [0.15, 0.2) is 0 Å². The molecule has 1 aromatic heterocycles. The third-order valence-corrected chi connectivity index (χ3v) is 4.12. The molecule has 27 heavy (non-hydrogen) atoms. The van der Waals surface area contributed by atoms with E-state index in [1.54, 1.807) is 37.0 Å². The number of hydrogen-bond donors (Lipinski definition) is 0. The maximum absolute atomic E-state index is 12.5. The Morgan fingerprint density at radius 1 is 1.30 bits per heavy atom. The van der Waals surface area contributed by atoms with Crippen molar-refractivity contribution >= 4 is 17.5 Å². The topological polar surface area (TPSA) is 67.7 Å². The van der Waals surface area contributed by atoms with Gasteiger partial charge in [-0.3, -0.25) is 14.3 Å². The van der Waals surface area contributed by atoms with E-state index in [-0.39, 0.29) is 18.2 Å². The molecular formula is C20H26N4O3. The molecule has 7 heteroatoms. The monoisotopic (exact) mass is 370 g/mol. The summed E-state index contributed by atoms with van der Waals surface area (Å²) in [5, 5.41) is 4.29. The summed E-state index contributed by atoms with van der Waals surface area (Å²) in [6, 6.07) is 7.42. The highest BCUT2D eigenvalue weighted by molar-refractivity contribution is 6.01. The molecule has 2 rings (SSSR count). The lowest BCUT2D eigenvalue weighted by molar-refractivity contribution is -0.128. The highest BCUT2D eigenvalue weighted by Crippen LogP contribution is 2.24. The van der Waals surface area contributed by atoms with Gasteiger partial charge in [0, 0.05) is 38.7 Å². The molecule has 0 saturated carbocycles. The molecule has 0 bridgehead atoms. The van der Waals surface area contributed by atoms with Crippen LogP contribution < -0.4 is 4.90 Å². The summed E-state index contributed by atoms with van der Waals surface area (Å²) >= 11 is 0. The largest absolute Gasteiger partial charge is 0.383 e. The van der Waals surface area contributed by atoms with Gasteiger partial charge in [-0.25, -0.2) is 0 Å². The van der Waals surface area contributed by atoms with Crippen LogP contribution >= 0.6 is 0 Å². The molecule has 0 unspecified atom stereocenters. The number of carbonyl (C=O) groups is 2. The number of aromatic nitrogens is 2. The SMILES string of the molecule is C=CC(=O)N(Cc1cnn(CCOC)c1)c1ccccc1CC(=O)N(C)C. The van der Waals surface area contributed by atoms with E-state index < -0.39 is 0 Å². The lowest BCUT2D eigenvalue weighted by Gasteiger charge is -2.24. The van der Waals surface area contributed by atoms with E-state index in [1.807, 2.05) is 30.5 Å². The van der Waals surface area contributed by atoms with Crippen LogP contribution in [0.1, 0.15) is 11.1 Å². The third-order valence-electron chi connectivity index (χ3n) is 4.12. The number of likely N-dealkylation sites (N-methyl/N-ethyl adjacent to an activating group) is 1. The van der Waals surface area contributed by atoms with Crippen LogP contribution in [-0.4, -0.2) is 54.3 Å². The molecule has 0 aliphatic carbocycles. The fourth-order valence-electron chi connectivity index (χ4n) is 2.61. The average Bonchev–Trinajstić information content (AvgIpc) is 3.11. The van der Waals surface area contributed by atoms with Crippen LogP contribution in [0.25, 0.3) is 0 Å². The number of carbonyl (C=O) groups excluding carboxylic acids is 2. The molecule has 2 amide bonds. The first-order valence-electron chi connectivity index (χ1n) is 8.68. The van der Waals surface area contributed by atoms with Gasteiger partial charge < -0.3 is 14.5 Å². The molecular weight excluding hydrogens is 344 g/mol. The molecule has 144 valence electrons. The molecule has 2 aromatic rings. The molecule has 1 aromatic carbocycles. The first-order valence-corrected chi connectivity index (χ1v) is 8.68. The van der Waals surface area contributed by atoms with Crippen molar-refractivity contribution in [1.29, 1.82) is 0 Å². The molecule has 0 N–H and O–H groups in total. The number of ether oxygens (including phenoxy) is 1. The molecule has 0 aliphatic heterocycles. The molecule has 0 atom stereocenters. The Labute approximate surface area is 159 Å². The Morgan fingerprint density at radius 2 is 2.04 bits per heavy atom. The summed E-state index contributed by atoms with van der Waals surface area (Å²) in [7, 11) is 5.07. The predicted molar refractivity (Wildman–Crippen MR) is 104 cm³/mol. The standard InChI is InChI=1S/C20H26N4O3/c1-5-19(25)24(15-16-13-21-23(14-16)10-11-27-4)18-9-7-6-8-17(18)12-20(26)22(2)3/h5-9,13-14H,1,10-12,15H2,2-4H3. The van der Waals surface area contributed by atoms with Gasteiger partial charge >= 0.3 is 0 Å². The highest BCUT2D eigenvalue weighted by atomic mass is 16.5. The second kappa shape index (κ2) is 9.68. The second-order valence-electron chi connectivity index (χ2n) is 6.33. The Balaban J connectivity index is 2.29. The summed E-state index contributed by atoms with van der Waals surface area (Å²) in [5.41, 5.74) is 2.37. The van der Waals surface area contributed by atoms with Gasteiger partial charge in [-0.2, -0.15) is 5.10 Å². The van der Waals surface area contributed by atoms with Crippen molar-refractivity contribution < 1.29 is 14.3 Å². The van der Waals surface area contributed by atoms with Gasteiger partial charge in [0.25, 0.3) is 5.91 Å². The molecule has 0 fully saturated rings. The maximum Gasteiger partial charge on any atom is 0.250 e. The number of benzene rings is 1. The van der Waals surface area contributed by atoms with Gasteiger partial charge in [-0.15, -0.1) is 0 Å². The second-order valence-corrected chi connectivity index (χ2v) is 6.33. The van der Waals surface area contributed by atoms with Gasteiger partial charge in [-0.05, 0) is 17.7 Å². The lowest BCUT2D eigenvalue weighted by Crippen LogP contribution is -2.30. The first kappa shape index (κ1) is 20.4. The summed E-state index contributed by atoms with van der Waals surface area (Å²) in [4.78, 5) is 27.9. The summed E-state index contributed by atoms with van der Waals surface area (Å²) in [6.45, 7) is 5.15. The van der Waals surface area contributed by atoms with E-state index in [0.717, 1.165) is 11.1 Å². The van der Waals surface area contributed by atoms with Gasteiger partial charge in [-0.1, -0.05) is 24.8 Å². The quantitative estimate of drug-likeness (QED) is 0.632. The number of nitrogens with zero attached hydrogens (tertiary/aromatic N) is 4. The molecule has 1 heterocycles. The van der Waals surface area contributed by atoms with Gasteiger partial charge in [0.05, 0.1) is 32.3 Å². The molecule has 0 radical (unpaired) electrons. The number of hydrogen-bond acceptors (Lipinski definition) is 4. The minimum Gasteiger partial charge on any atom is -0.383 e. The van der Waals surface area contributed by atoms with E-state index in [4.69, 9.17) is 4.74 Å². The fraction of sp³-hybridized carbons (Fsp3) is 0.350. The van der Waals surface area contributed by atoms with E-state index in [9.17, 15) is 9.59 Å². The average molecular weight is 370 g/mol. The fourth-order valence-corrected chi connectivity index (χ4v) is 2.61. The van der Waals surface area contributed by atoms with E-state index in [0.29, 0.717) is 25.4 Å². The Hall–Kier alpha value is -2.93. The van der Waals surface area contributed by atoms with Crippen LogP contribution in [0, 0.1) is 0 Å². The molecule has 0 saturated heterocycles. The van der Waals surface area contributed by atoms with Crippen molar-refractivity contribution in [1.82, 2.24) is 14.7 Å². The van der Waals surface area contributed by atoms with Crippen LogP contribution in [0.3, 0.4) is 0 Å². The Morgan fingerprint density at radius 3 is 2.70 bits per heavy atom. The molecule has 7 nitrogen and oxygen atoms in total. The van der Waals surface area contributed by atoms with Crippen LogP contribution in [0.5, 0.6) is 0 Å².